The van der Waals surface area contributed by atoms with Gasteiger partial charge in [-0.3, -0.25) is 0 Å². The molecule has 0 aromatic heterocycles. The normalized spacial score (nSPS) is 14.3. The fourth-order valence-corrected chi connectivity index (χ4v) is 1.97. The first-order valence-corrected chi connectivity index (χ1v) is 6.93. The second-order valence-corrected chi connectivity index (χ2v) is 5.26. The molecule has 0 saturated carbocycles. The zero-order chi connectivity index (χ0) is 12.6. The van der Waals surface area contributed by atoms with Crippen LogP contribution in [0.5, 0.6) is 0 Å². The summed E-state index contributed by atoms with van der Waals surface area (Å²) in [6, 6.07) is 0.600. The van der Waals surface area contributed by atoms with Crippen molar-refractivity contribution in [1.29, 1.82) is 0 Å². The van der Waals surface area contributed by atoms with Crippen LogP contribution in [0.25, 0.3) is 0 Å². The zero-order valence-corrected chi connectivity index (χ0v) is 12.2. The minimum Gasteiger partial charge on any atom is -0.378 e. The van der Waals surface area contributed by atoms with E-state index in [0.29, 0.717) is 6.04 Å². The molecule has 1 heteroatoms. The Morgan fingerprint density at radius 2 is 1.75 bits per heavy atom. The third-order valence-corrected chi connectivity index (χ3v) is 3.41. The molecular formula is C15H31N. The van der Waals surface area contributed by atoms with E-state index < -0.39 is 0 Å². The summed E-state index contributed by atoms with van der Waals surface area (Å²) < 4.78 is 0. The Morgan fingerprint density at radius 1 is 1.12 bits per heavy atom. The summed E-state index contributed by atoms with van der Waals surface area (Å²) in [5, 5.41) is 0. The van der Waals surface area contributed by atoms with E-state index in [1.165, 1.54) is 32.1 Å². The monoisotopic (exact) mass is 225 g/mol. The van der Waals surface area contributed by atoms with E-state index in [9.17, 15) is 0 Å². The summed E-state index contributed by atoms with van der Waals surface area (Å²) in [6.07, 6.45) is 9.02. The lowest BCUT2D eigenvalue weighted by atomic mass is 9.90. The highest BCUT2D eigenvalue weighted by Gasteiger charge is 2.10. The van der Waals surface area contributed by atoms with Crippen molar-refractivity contribution in [3.05, 3.63) is 11.8 Å². The summed E-state index contributed by atoms with van der Waals surface area (Å²) in [4.78, 5) is 2.32. The van der Waals surface area contributed by atoms with Crippen LogP contribution < -0.4 is 0 Å². The van der Waals surface area contributed by atoms with E-state index in [-0.39, 0.29) is 0 Å². The molecule has 0 aliphatic rings. The predicted octanol–water partition coefficient (Wildman–Crippen LogP) is 4.84. The molecule has 0 aromatic rings. The SMILES string of the molecule is CCCCC(CCC)/C(C)=C/N(C)C(C)C. The fraction of sp³-hybridized carbons (Fsp3) is 0.867. The number of unbranched alkanes of at least 4 members (excludes halogenated alkanes) is 1. The molecule has 0 spiro atoms. The third kappa shape index (κ3) is 6.19. The van der Waals surface area contributed by atoms with Crippen LogP contribution in [0.4, 0.5) is 0 Å². The number of hydrogen-bond donors (Lipinski definition) is 0. The lowest BCUT2D eigenvalue weighted by Gasteiger charge is -2.23. The standard InChI is InChI=1S/C15H31N/c1-7-9-11-15(10-8-2)14(5)12-16(6)13(3)4/h12-13,15H,7-11H2,1-6H3/b14-12+. The van der Waals surface area contributed by atoms with Gasteiger partial charge in [0.1, 0.15) is 0 Å². The molecular weight excluding hydrogens is 194 g/mol. The molecule has 96 valence electrons. The Balaban J connectivity index is 4.39. The van der Waals surface area contributed by atoms with Crippen LogP contribution in [0, 0.1) is 5.92 Å². The highest BCUT2D eigenvalue weighted by Crippen LogP contribution is 2.23. The van der Waals surface area contributed by atoms with Gasteiger partial charge in [0.05, 0.1) is 0 Å². The van der Waals surface area contributed by atoms with Crippen molar-refractivity contribution in [3.8, 4) is 0 Å². The largest absolute Gasteiger partial charge is 0.378 e. The maximum Gasteiger partial charge on any atom is 0.0224 e. The van der Waals surface area contributed by atoms with Crippen LogP contribution >= 0.6 is 0 Å². The molecule has 0 bridgehead atoms. The summed E-state index contributed by atoms with van der Waals surface area (Å²) in [7, 11) is 2.18. The van der Waals surface area contributed by atoms with E-state index in [1.54, 1.807) is 5.57 Å². The number of hydrogen-bond acceptors (Lipinski definition) is 1. The first-order valence-electron chi connectivity index (χ1n) is 6.93. The Labute approximate surface area is 103 Å². The molecule has 16 heavy (non-hydrogen) atoms. The molecule has 1 nitrogen and oxygen atoms in total. The van der Waals surface area contributed by atoms with E-state index in [1.807, 2.05) is 0 Å². The molecule has 0 heterocycles. The number of nitrogens with zero attached hydrogens (tertiary/aromatic N) is 1. The van der Waals surface area contributed by atoms with Crippen molar-refractivity contribution < 1.29 is 0 Å². The molecule has 0 saturated heterocycles. The molecule has 0 N–H and O–H groups in total. The molecule has 0 rings (SSSR count). The average Bonchev–Trinajstić information content (AvgIpc) is 2.23. The van der Waals surface area contributed by atoms with Crippen molar-refractivity contribution in [3.63, 3.8) is 0 Å². The number of allylic oxidation sites excluding steroid dienone is 1. The molecule has 0 radical (unpaired) electrons. The van der Waals surface area contributed by atoms with Gasteiger partial charge in [-0.25, -0.2) is 0 Å². The minimum atomic E-state index is 0.600. The van der Waals surface area contributed by atoms with E-state index >= 15 is 0 Å². The summed E-state index contributed by atoms with van der Waals surface area (Å²) >= 11 is 0. The van der Waals surface area contributed by atoms with Gasteiger partial charge in [-0.2, -0.15) is 0 Å². The van der Waals surface area contributed by atoms with E-state index in [0.717, 1.165) is 5.92 Å². The molecule has 0 amide bonds. The van der Waals surface area contributed by atoms with Gasteiger partial charge in [0.25, 0.3) is 0 Å². The molecule has 0 fully saturated rings. The van der Waals surface area contributed by atoms with Crippen molar-refractivity contribution in [1.82, 2.24) is 4.90 Å². The highest BCUT2D eigenvalue weighted by molar-refractivity contribution is 5.03. The Hall–Kier alpha value is -0.460. The van der Waals surface area contributed by atoms with Gasteiger partial charge in [0, 0.05) is 13.1 Å². The summed E-state index contributed by atoms with van der Waals surface area (Å²) in [5.41, 5.74) is 1.56. The van der Waals surface area contributed by atoms with Crippen molar-refractivity contribution >= 4 is 0 Å². The lowest BCUT2D eigenvalue weighted by molar-refractivity contribution is 0.364. The van der Waals surface area contributed by atoms with Gasteiger partial charge in [0.15, 0.2) is 0 Å². The Bertz CT molecular complexity index is 194. The molecule has 1 atom stereocenters. The maximum absolute atomic E-state index is 2.35. The summed E-state index contributed by atoms with van der Waals surface area (Å²) in [6.45, 7) is 11.4. The van der Waals surface area contributed by atoms with Gasteiger partial charge >= 0.3 is 0 Å². The first-order chi connectivity index (χ1) is 7.52. The average molecular weight is 225 g/mol. The van der Waals surface area contributed by atoms with Crippen LogP contribution in [0.2, 0.25) is 0 Å². The third-order valence-electron chi connectivity index (χ3n) is 3.41. The smallest absolute Gasteiger partial charge is 0.0224 e. The van der Waals surface area contributed by atoms with Crippen LogP contribution in [0.1, 0.15) is 66.7 Å². The van der Waals surface area contributed by atoms with Gasteiger partial charge in [-0.1, -0.05) is 38.7 Å². The topological polar surface area (TPSA) is 3.24 Å². The maximum atomic E-state index is 2.35. The molecule has 0 aliphatic carbocycles. The number of rotatable bonds is 8. The van der Waals surface area contributed by atoms with Crippen LogP contribution in [-0.2, 0) is 0 Å². The van der Waals surface area contributed by atoms with Crippen LogP contribution in [0.3, 0.4) is 0 Å². The molecule has 0 aromatic carbocycles. The zero-order valence-electron chi connectivity index (χ0n) is 12.2. The quantitative estimate of drug-likeness (QED) is 0.571. The van der Waals surface area contributed by atoms with Crippen LogP contribution in [0.15, 0.2) is 11.8 Å². The highest BCUT2D eigenvalue weighted by atomic mass is 15.1. The van der Waals surface area contributed by atoms with Gasteiger partial charge in [0.2, 0.25) is 0 Å². The van der Waals surface area contributed by atoms with Gasteiger partial charge < -0.3 is 4.90 Å². The second-order valence-electron chi connectivity index (χ2n) is 5.26. The van der Waals surface area contributed by atoms with Crippen molar-refractivity contribution in [2.45, 2.75) is 72.8 Å². The van der Waals surface area contributed by atoms with Crippen molar-refractivity contribution in [2.75, 3.05) is 7.05 Å². The Kier molecular flexibility index (Phi) is 8.42. The molecule has 1 unspecified atom stereocenters. The molecule has 0 aliphatic heterocycles. The minimum absolute atomic E-state index is 0.600. The van der Waals surface area contributed by atoms with Crippen molar-refractivity contribution in [2.24, 2.45) is 5.92 Å². The van der Waals surface area contributed by atoms with Gasteiger partial charge in [-0.05, 0) is 45.7 Å². The lowest BCUT2D eigenvalue weighted by Crippen LogP contribution is -2.21. The first kappa shape index (κ1) is 15.5. The van der Waals surface area contributed by atoms with E-state index in [2.05, 4.69) is 52.8 Å². The second kappa shape index (κ2) is 8.66. The fourth-order valence-electron chi connectivity index (χ4n) is 1.97. The summed E-state index contributed by atoms with van der Waals surface area (Å²) in [5.74, 6) is 0.797. The van der Waals surface area contributed by atoms with Gasteiger partial charge in [-0.15, -0.1) is 0 Å². The van der Waals surface area contributed by atoms with Crippen LogP contribution in [-0.4, -0.2) is 18.0 Å². The predicted molar refractivity (Wildman–Crippen MR) is 74.6 cm³/mol. The van der Waals surface area contributed by atoms with E-state index in [4.69, 9.17) is 0 Å². The Morgan fingerprint density at radius 3 is 2.19 bits per heavy atom.